The number of anilines is 2. The fourth-order valence-electron chi connectivity index (χ4n) is 4.19. The molecule has 2 aromatic carbocycles. The Balaban J connectivity index is 1.40. The van der Waals surface area contributed by atoms with Crippen LogP contribution in [0.25, 0.3) is 21.9 Å². The van der Waals surface area contributed by atoms with Gasteiger partial charge >= 0.3 is 0 Å². The molecular weight excluding hydrogens is 428 g/mol. The third-order valence-electron chi connectivity index (χ3n) is 5.91. The lowest BCUT2D eigenvalue weighted by atomic mass is 10.0. The molecule has 0 amide bonds. The molecule has 7 nitrogen and oxygen atoms in total. The van der Waals surface area contributed by atoms with Gasteiger partial charge < -0.3 is 24.5 Å². The fraction of sp³-hybridized carbons (Fsp3) is 0.333. The summed E-state index contributed by atoms with van der Waals surface area (Å²) in [5.74, 6) is 2.68. The van der Waals surface area contributed by atoms with Gasteiger partial charge in [0.25, 0.3) is 0 Å². The zero-order chi connectivity index (χ0) is 21.9. The van der Waals surface area contributed by atoms with Crippen molar-refractivity contribution in [2.45, 2.75) is 19.3 Å². The predicted octanol–water partition coefficient (Wildman–Crippen LogP) is 5.55. The maximum absolute atomic E-state index is 6.45. The molecule has 0 aliphatic carbocycles. The molecule has 1 unspecified atom stereocenters. The molecular formula is C24H25ClN4O3. The fourth-order valence-corrected chi connectivity index (χ4v) is 4.39. The average Bonchev–Trinajstić information content (AvgIpc) is 3.50. The monoisotopic (exact) mass is 452 g/mol. The summed E-state index contributed by atoms with van der Waals surface area (Å²) in [5, 5.41) is 9.03. The van der Waals surface area contributed by atoms with Gasteiger partial charge in [-0.15, -0.1) is 0 Å². The van der Waals surface area contributed by atoms with Crippen molar-refractivity contribution < 1.29 is 13.9 Å². The molecule has 1 aliphatic rings. The van der Waals surface area contributed by atoms with Gasteiger partial charge in [-0.3, -0.25) is 0 Å². The normalized spacial score (nSPS) is 16.0. The van der Waals surface area contributed by atoms with E-state index in [0.717, 1.165) is 48.1 Å². The number of nitrogens with one attached hydrogen (secondary N) is 2. The summed E-state index contributed by atoms with van der Waals surface area (Å²) in [6, 6.07) is 9.43. The number of aromatic nitrogens is 2. The minimum absolute atomic E-state index is 0.545. The lowest BCUT2D eigenvalue weighted by Gasteiger charge is -2.15. The molecule has 2 aromatic heterocycles. The van der Waals surface area contributed by atoms with Crippen molar-refractivity contribution in [2.75, 3.05) is 32.1 Å². The van der Waals surface area contributed by atoms with Crippen molar-refractivity contribution in [3.05, 3.63) is 47.9 Å². The minimum atomic E-state index is 0.545. The number of nitrogens with zero attached hydrogens (tertiary/aromatic N) is 2. The number of benzene rings is 2. The summed E-state index contributed by atoms with van der Waals surface area (Å²) >= 11 is 6.45. The Morgan fingerprint density at radius 2 is 2.16 bits per heavy atom. The van der Waals surface area contributed by atoms with Crippen molar-refractivity contribution >= 4 is 45.0 Å². The lowest BCUT2D eigenvalue weighted by Crippen LogP contribution is -2.10. The summed E-state index contributed by atoms with van der Waals surface area (Å²) < 4.78 is 17.3. The number of fused-ring (bicyclic) bond motifs is 2. The zero-order valence-corrected chi connectivity index (χ0v) is 18.6. The number of hydrogen-bond donors (Lipinski definition) is 2. The molecule has 0 bridgehead atoms. The largest absolute Gasteiger partial charge is 0.493 e. The maximum atomic E-state index is 6.45. The standard InChI is InChI=1S/C24H25ClN4O3/c1-30-20-11-17-19(12-21(20)31-9-2-3-15-6-8-26-13-15)27-14-28-24(17)29-22-18(25)5-4-16-7-10-32-23(16)22/h4-5,7,10-12,14-15,26H,2-3,6,8-9,13H2,1H3,(H,27,28,29). The summed E-state index contributed by atoms with van der Waals surface area (Å²) in [7, 11) is 1.63. The van der Waals surface area contributed by atoms with Crippen LogP contribution in [0.3, 0.4) is 0 Å². The van der Waals surface area contributed by atoms with Gasteiger partial charge in [-0.05, 0) is 62.5 Å². The summed E-state index contributed by atoms with van der Waals surface area (Å²) in [6.07, 6.45) is 6.58. The first-order chi connectivity index (χ1) is 15.7. The van der Waals surface area contributed by atoms with Gasteiger partial charge in [0.05, 0.1) is 30.5 Å². The highest BCUT2D eigenvalue weighted by atomic mass is 35.5. The summed E-state index contributed by atoms with van der Waals surface area (Å²) in [4.78, 5) is 8.87. The van der Waals surface area contributed by atoms with E-state index >= 15 is 0 Å². The highest BCUT2D eigenvalue weighted by Crippen LogP contribution is 2.38. The van der Waals surface area contributed by atoms with E-state index < -0.39 is 0 Å². The van der Waals surface area contributed by atoms with Crippen molar-refractivity contribution in [1.82, 2.24) is 15.3 Å². The summed E-state index contributed by atoms with van der Waals surface area (Å²) in [5.41, 5.74) is 2.09. The SMILES string of the molecule is COc1cc2c(Nc3c(Cl)ccc4ccoc34)ncnc2cc1OCCCC1CCNC1. The minimum Gasteiger partial charge on any atom is -0.493 e. The molecule has 1 atom stereocenters. The third-order valence-corrected chi connectivity index (χ3v) is 6.23. The molecule has 5 rings (SSSR count). The van der Waals surface area contributed by atoms with Gasteiger partial charge in [0, 0.05) is 16.8 Å². The molecule has 4 aromatic rings. The van der Waals surface area contributed by atoms with Crippen molar-refractivity contribution in [1.29, 1.82) is 0 Å². The van der Waals surface area contributed by atoms with Crippen LogP contribution < -0.4 is 20.1 Å². The van der Waals surface area contributed by atoms with Gasteiger partial charge in [-0.2, -0.15) is 0 Å². The van der Waals surface area contributed by atoms with Crippen molar-refractivity contribution in [3.63, 3.8) is 0 Å². The van der Waals surface area contributed by atoms with Crippen LogP contribution in [0.4, 0.5) is 11.5 Å². The second-order valence-corrected chi connectivity index (χ2v) is 8.39. The number of ether oxygens (including phenoxy) is 2. The van der Waals surface area contributed by atoms with E-state index in [1.54, 1.807) is 13.4 Å². The Morgan fingerprint density at radius 3 is 3.00 bits per heavy atom. The number of methoxy groups -OCH3 is 1. The Labute approximate surface area is 191 Å². The van der Waals surface area contributed by atoms with Gasteiger partial charge in [0.15, 0.2) is 17.1 Å². The van der Waals surface area contributed by atoms with E-state index in [1.807, 2.05) is 30.3 Å². The molecule has 32 heavy (non-hydrogen) atoms. The van der Waals surface area contributed by atoms with E-state index in [4.69, 9.17) is 25.5 Å². The van der Waals surface area contributed by atoms with Crippen LogP contribution in [0.2, 0.25) is 5.02 Å². The topological polar surface area (TPSA) is 81.4 Å². The molecule has 0 radical (unpaired) electrons. The number of furan rings is 1. The molecule has 2 N–H and O–H groups in total. The van der Waals surface area contributed by atoms with E-state index in [9.17, 15) is 0 Å². The first kappa shape index (κ1) is 20.8. The molecule has 8 heteroatoms. The number of halogens is 1. The van der Waals surface area contributed by atoms with Crippen molar-refractivity contribution in [2.24, 2.45) is 5.92 Å². The van der Waals surface area contributed by atoms with Gasteiger partial charge in [0.1, 0.15) is 17.8 Å². The van der Waals surface area contributed by atoms with Gasteiger partial charge in [0.2, 0.25) is 0 Å². The number of hydrogen-bond acceptors (Lipinski definition) is 7. The Bertz CT molecular complexity index is 1240. The van der Waals surface area contributed by atoms with Gasteiger partial charge in [-0.25, -0.2) is 9.97 Å². The van der Waals surface area contributed by atoms with Crippen molar-refractivity contribution in [3.8, 4) is 11.5 Å². The molecule has 1 saturated heterocycles. The Morgan fingerprint density at radius 1 is 1.22 bits per heavy atom. The first-order valence-corrected chi connectivity index (χ1v) is 11.2. The number of rotatable bonds is 8. The van der Waals surface area contributed by atoms with E-state index in [1.165, 1.54) is 12.7 Å². The second kappa shape index (κ2) is 9.22. The quantitative estimate of drug-likeness (QED) is 0.339. The lowest BCUT2D eigenvalue weighted by molar-refractivity contribution is 0.278. The average molecular weight is 453 g/mol. The summed E-state index contributed by atoms with van der Waals surface area (Å²) in [6.45, 7) is 2.88. The first-order valence-electron chi connectivity index (χ1n) is 10.8. The van der Waals surface area contributed by atoms with Gasteiger partial charge in [-0.1, -0.05) is 11.6 Å². The van der Waals surface area contributed by atoms with E-state index in [2.05, 4.69) is 20.6 Å². The van der Waals surface area contributed by atoms with E-state index in [-0.39, 0.29) is 0 Å². The van der Waals surface area contributed by atoms with Crippen LogP contribution in [0.1, 0.15) is 19.3 Å². The molecule has 0 spiro atoms. The highest BCUT2D eigenvalue weighted by Gasteiger charge is 2.16. The molecule has 0 saturated carbocycles. The third kappa shape index (κ3) is 4.18. The predicted molar refractivity (Wildman–Crippen MR) is 126 cm³/mol. The van der Waals surface area contributed by atoms with Crippen LogP contribution in [-0.2, 0) is 0 Å². The highest BCUT2D eigenvalue weighted by molar-refractivity contribution is 6.35. The molecule has 1 aliphatic heterocycles. The van der Waals surface area contributed by atoms with Crippen LogP contribution in [0.15, 0.2) is 47.3 Å². The maximum Gasteiger partial charge on any atom is 0.163 e. The molecule has 166 valence electrons. The Hall–Kier alpha value is -3.03. The van der Waals surface area contributed by atoms with Crippen LogP contribution in [0.5, 0.6) is 11.5 Å². The molecule has 1 fully saturated rings. The van der Waals surface area contributed by atoms with Crippen LogP contribution in [-0.4, -0.2) is 36.8 Å². The van der Waals surface area contributed by atoms with E-state index in [0.29, 0.717) is 40.2 Å². The second-order valence-electron chi connectivity index (χ2n) is 7.98. The Kier molecular flexibility index (Phi) is 6.01. The zero-order valence-electron chi connectivity index (χ0n) is 17.9. The van der Waals surface area contributed by atoms with Crippen LogP contribution in [0, 0.1) is 5.92 Å². The molecule has 3 heterocycles. The smallest absolute Gasteiger partial charge is 0.163 e. The van der Waals surface area contributed by atoms with Crippen LogP contribution >= 0.6 is 11.6 Å².